The maximum atomic E-state index is 10.4. The van der Waals surface area contributed by atoms with Crippen LogP contribution in [0.15, 0.2) is 259 Å². The maximum Gasteiger partial charge on any atom is 0.140 e. The van der Waals surface area contributed by atoms with Crippen molar-refractivity contribution in [2.24, 2.45) is 0 Å². The highest BCUT2D eigenvalue weighted by atomic mass is 16.3. The number of anilines is 6. The van der Waals surface area contributed by atoms with E-state index in [0.717, 1.165) is 77.9 Å². The number of hydrogen-bond acceptors (Lipinski definition) is 3. The third-order valence-electron chi connectivity index (χ3n) is 13.1. The number of furan rings is 1. The Morgan fingerprint density at radius 1 is 0.364 bits per heavy atom. The van der Waals surface area contributed by atoms with Gasteiger partial charge in [0.25, 0.3) is 0 Å². The first-order valence-electron chi connectivity index (χ1n) is 25.6. The third-order valence-corrected chi connectivity index (χ3v) is 13.1. The first-order valence-corrected chi connectivity index (χ1v) is 22.1. The smallest absolute Gasteiger partial charge is 0.140 e. The summed E-state index contributed by atoms with van der Waals surface area (Å²) in [6, 6.07) is 68.8. The van der Waals surface area contributed by atoms with E-state index >= 15 is 0 Å². The zero-order valence-corrected chi connectivity index (χ0v) is 35.5. The molecule has 0 spiro atoms. The molecule has 0 amide bonds. The van der Waals surface area contributed by atoms with E-state index in [-0.39, 0.29) is 28.4 Å². The molecule has 1 aliphatic rings. The predicted octanol–water partition coefficient (Wildman–Crippen LogP) is 17.2. The van der Waals surface area contributed by atoms with Gasteiger partial charge in [-0.3, -0.25) is 0 Å². The monoisotopic (exact) mass is 849 g/mol. The molecule has 66 heavy (non-hydrogen) atoms. The molecule has 1 aromatic heterocycles. The number of nitrogens with zero attached hydrogens (tertiary/aromatic N) is 2. The zero-order chi connectivity index (χ0) is 49.7. The molecule has 1 unspecified atom stereocenters. The van der Waals surface area contributed by atoms with Crippen molar-refractivity contribution >= 4 is 77.6 Å². The number of benzene rings is 11. The molecular weight excluding hydrogens is 801 g/mol. The van der Waals surface area contributed by atoms with Crippen LogP contribution in [0.1, 0.15) is 31.8 Å². The van der Waals surface area contributed by atoms with Crippen molar-refractivity contribution in [3.05, 3.63) is 277 Å². The Balaban J connectivity index is 1.19. The van der Waals surface area contributed by atoms with Crippen LogP contribution in [0.2, 0.25) is 0 Å². The first-order chi connectivity index (χ1) is 35.6. The summed E-state index contributed by atoms with van der Waals surface area (Å²) in [4.78, 5) is 4.44. The Morgan fingerprint density at radius 2 is 0.894 bits per heavy atom. The van der Waals surface area contributed by atoms with Gasteiger partial charge in [-0.15, -0.1) is 0 Å². The Labute approximate surface area is 393 Å². The van der Waals surface area contributed by atoms with E-state index in [9.17, 15) is 5.48 Å². The fourth-order valence-corrected chi connectivity index (χ4v) is 10.2. The zero-order valence-electron chi connectivity index (χ0n) is 42.5. The quantitative estimate of drug-likeness (QED) is 0.152. The minimum absolute atomic E-state index is 0.112. The summed E-state index contributed by atoms with van der Waals surface area (Å²) in [6.45, 7) is 0. The lowest BCUT2D eigenvalue weighted by Gasteiger charge is -2.34. The van der Waals surface area contributed by atoms with Crippen LogP contribution in [-0.2, 0) is 5.41 Å². The normalized spacial score (nSPS) is 15.6. The summed E-state index contributed by atoms with van der Waals surface area (Å²) in [7, 11) is 0. The molecule has 3 nitrogen and oxygen atoms in total. The van der Waals surface area contributed by atoms with Crippen molar-refractivity contribution in [3.63, 3.8) is 0 Å². The van der Waals surface area contributed by atoms with Crippen molar-refractivity contribution in [1.29, 1.82) is 0 Å². The molecule has 310 valence electrons. The molecule has 12 aromatic rings. The van der Waals surface area contributed by atoms with Crippen molar-refractivity contribution in [1.82, 2.24) is 0 Å². The Kier molecular flexibility index (Phi) is 7.22. The van der Waals surface area contributed by atoms with Gasteiger partial charge in [0.1, 0.15) is 11.2 Å². The van der Waals surface area contributed by atoms with Crippen LogP contribution < -0.4 is 9.80 Å². The van der Waals surface area contributed by atoms with E-state index in [1.165, 1.54) is 0 Å². The average Bonchev–Trinajstić information content (AvgIpc) is 3.97. The Bertz CT molecular complexity index is 4160. The molecule has 1 heterocycles. The number of fused-ring (bicyclic) bond motifs is 8. The van der Waals surface area contributed by atoms with Crippen LogP contribution in [0.25, 0.3) is 54.6 Å². The maximum absolute atomic E-state index is 10.4. The Hall–Kier alpha value is -8.66. The molecule has 0 aliphatic heterocycles. The molecule has 11 aromatic carbocycles. The van der Waals surface area contributed by atoms with E-state index in [1.54, 1.807) is 0 Å². The largest absolute Gasteiger partial charge is 0.456 e. The van der Waals surface area contributed by atoms with Gasteiger partial charge in [0.2, 0.25) is 0 Å². The van der Waals surface area contributed by atoms with Gasteiger partial charge < -0.3 is 14.2 Å². The van der Waals surface area contributed by atoms with Gasteiger partial charge in [-0.05, 0) is 134 Å². The fourth-order valence-electron chi connectivity index (χ4n) is 10.2. The molecule has 0 radical (unpaired) electrons. The lowest BCUT2D eigenvalue weighted by molar-refractivity contribution is 0.648. The van der Waals surface area contributed by atoms with Gasteiger partial charge in [-0.1, -0.05) is 170 Å². The second-order valence-corrected chi connectivity index (χ2v) is 16.7. The van der Waals surface area contributed by atoms with Crippen molar-refractivity contribution < 1.29 is 14.0 Å². The number of hydrogen-bond donors (Lipinski definition) is 0. The highest BCUT2D eigenvalue weighted by Gasteiger charge is 2.48. The van der Waals surface area contributed by atoms with Crippen molar-refractivity contribution in [2.45, 2.75) is 5.41 Å². The minimum atomic E-state index is -1.56. The molecule has 1 atom stereocenters. The molecule has 0 N–H and O–H groups in total. The molecule has 0 bridgehead atoms. The average molecular weight is 850 g/mol. The molecule has 1 aliphatic carbocycles. The van der Waals surface area contributed by atoms with Crippen LogP contribution in [-0.4, -0.2) is 0 Å². The van der Waals surface area contributed by atoms with Crippen LogP contribution in [0, 0.1) is 0 Å². The molecule has 0 saturated heterocycles. The molecule has 0 saturated carbocycles. The highest BCUT2D eigenvalue weighted by molar-refractivity contribution is 6.08. The van der Waals surface area contributed by atoms with Gasteiger partial charge in [0.15, 0.2) is 0 Å². The molecular formula is C63H42N2O. The van der Waals surface area contributed by atoms with E-state index in [0.29, 0.717) is 16.7 Å². The van der Waals surface area contributed by atoms with Gasteiger partial charge >= 0.3 is 0 Å². The van der Waals surface area contributed by atoms with E-state index in [4.69, 9.17) is 8.53 Å². The summed E-state index contributed by atoms with van der Waals surface area (Å²) in [5, 5.41) is 3.64. The van der Waals surface area contributed by atoms with Crippen molar-refractivity contribution in [3.8, 4) is 11.1 Å². The highest BCUT2D eigenvalue weighted by Crippen LogP contribution is 2.60. The second kappa shape index (κ2) is 15.3. The minimum Gasteiger partial charge on any atom is -0.456 e. The van der Waals surface area contributed by atoms with E-state index in [1.807, 2.05) is 109 Å². The standard InChI is InChI=1S/C63H42N2O/c1-4-21-48(22-5-1)64(49-23-6-2-7-24-49)52-35-37-58-56(41-52)57-42-53(65(50-25-8-3-9-26-50)51-34-32-44-18-11-13-20-46(44)40-51)36-38-59(57)63(58,47-33-31-43-17-10-12-19-45(43)39-47)60-29-16-28-55-54-27-14-15-30-61(54)66-62(55)60/h1-42H/i10D,12D,17D,19D,31D,33D,39D. The topological polar surface area (TPSA) is 19.6 Å². The van der Waals surface area contributed by atoms with Crippen LogP contribution in [0.4, 0.5) is 34.1 Å². The number of rotatable bonds is 8. The van der Waals surface area contributed by atoms with E-state index in [2.05, 4.69) is 113 Å². The first kappa shape index (κ1) is 31.2. The predicted molar refractivity (Wildman–Crippen MR) is 275 cm³/mol. The second-order valence-electron chi connectivity index (χ2n) is 16.7. The molecule has 13 rings (SSSR count). The van der Waals surface area contributed by atoms with Gasteiger partial charge in [-0.25, -0.2) is 0 Å². The van der Waals surface area contributed by atoms with Gasteiger partial charge in [0, 0.05) is 50.5 Å². The van der Waals surface area contributed by atoms with Crippen LogP contribution in [0.3, 0.4) is 0 Å². The lowest BCUT2D eigenvalue weighted by Crippen LogP contribution is -2.29. The summed E-state index contributed by atoms with van der Waals surface area (Å²) in [5.74, 6) is 0. The summed E-state index contributed by atoms with van der Waals surface area (Å²) in [6.07, 6.45) is 0. The molecule has 3 heteroatoms. The van der Waals surface area contributed by atoms with Gasteiger partial charge in [-0.2, -0.15) is 0 Å². The fraction of sp³-hybridized carbons (Fsp3) is 0.0159. The van der Waals surface area contributed by atoms with E-state index < -0.39 is 35.6 Å². The third kappa shape index (κ3) is 5.91. The Morgan fingerprint density at radius 3 is 1.56 bits per heavy atom. The lowest BCUT2D eigenvalue weighted by atomic mass is 9.67. The van der Waals surface area contributed by atoms with Crippen molar-refractivity contribution in [2.75, 3.05) is 9.80 Å². The van der Waals surface area contributed by atoms with Crippen LogP contribution in [0.5, 0.6) is 0 Å². The van der Waals surface area contributed by atoms with Crippen LogP contribution >= 0.6 is 0 Å². The molecule has 0 fully saturated rings. The number of para-hydroxylation sites is 5. The SMILES string of the molecule is [2H]c1c([2H])c([2H])c2c([2H])c(C3(c4cccc5c4oc4ccccc45)c4ccc(N(c5ccccc5)c5ccccc5)cc4-c4cc(N(c5ccccc5)c5ccc6ccccc6c5)ccc43)c([2H])c([2H])c2c1[2H]. The summed E-state index contributed by atoms with van der Waals surface area (Å²) in [5.41, 5.74) is 8.89. The van der Waals surface area contributed by atoms with Gasteiger partial charge in [0.05, 0.1) is 15.0 Å². The summed E-state index contributed by atoms with van der Waals surface area (Å²) >= 11 is 0. The summed E-state index contributed by atoms with van der Waals surface area (Å²) < 4.78 is 72.9.